The molecule has 0 aliphatic carbocycles. The van der Waals surface area contributed by atoms with Gasteiger partial charge in [-0.1, -0.05) is 30.3 Å². The first-order chi connectivity index (χ1) is 15.6. The Hall–Kier alpha value is -4.00. The summed E-state index contributed by atoms with van der Waals surface area (Å²) in [5, 5.41) is 5.56. The molecule has 32 heavy (non-hydrogen) atoms. The van der Waals surface area contributed by atoms with E-state index >= 15 is 0 Å². The largest absolute Gasteiger partial charge is 0.368 e. The van der Waals surface area contributed by atoms with E-state index in [2.05, 4.69) is 46.2 Å². The Morgan fingerprint density at radius 3 is 2.28 bits per heavy atom. The van der Waals surface area contributed by atoms with Crippen LogP contribution in [0.1, 0.15) is 16.1 Å². The Kier molecular flexibility index (Phi) is 5.15. The molecular weight excluding hydrogens is 402 g/mol. The minimum atomic E-state index is -0.257. The highest BCUT2D eigenvalue weighted by molar-refractivity contribution is 6.05. The molecule has 0 bridgehead atoms. The molecule has 0 saturated carbocycles. The van der Waals surface area contributed by atoms with E-state index in [9.17, 15) is 9.59 Å². The Balaban J connectivity index is 1.48. The third-order valence-corrected chi connectivity index (χ3v) is 5.85. The molecule has 3 heterocycles. The average molecular weight is 425 g/mol. The number of pyridine rings is 1. The van der Waals surface area contributed by atoms with E-state index in [1.165, 1.54) is 15.9 Å². The number of carbonyl (C=O) groups is 1. The van der Waals surface area contributed by atoms with Gasteiger partial charge in [-0.15, -0.1) is 0 Å². The van der Waals surface area contributed by atoms with Gasteiger partial charge in [0.25, 0.3) is 11.5 Å². The zero-order valence-corrected chi connectivity index (χ0v) is 17.8. The third kappa shape index (κ3) is 3.62. The standard InChI is InChI=1S/C25H23N5O2/c1-18-5-4-6-20(17-18)28-13-15-29(16-14-28)25(32)23-21-7-2-3-8-22(21)24(31)30(27-23)19-9-11-26-12-10-19/h2-12,17H,13-16H2,1H3. The number of amides is 1. The molecule has 1 saturated heterocycles. The van der Waals surface area contributed by atoms with E-state index < -0.39 is 0 Å². The number of piperazine rings is 1. The van der Waals surface area contributed by atoms with Crippen molar-refractivity contribution in [3.63, 3.8) is 0 Å². The van der Waals surface area contributed by atoms with E-state index in [1.807, 2.05) is 11.0 Å². The number of rotatable bonds is 3. The first-order valence-corrected chi connectivity index (χ1v) is 10.7. The molecule has 0 N–H and O–H groups in total. The van der Waals surface area contributed by atoms with E-state index in [1.54, 1.807) is 42.7 Å². The van der Waals surface area contributed by atoms with Crippen LogP contribution >= 0.6 is 0 Å². The number of hydrogen-bond donors (Lipinski definition) is 0. The van der Waals surface area contributed by atoms with Crippen molar-refractivity contribution >= 4 is 22.4 Å². The maximum atomic E-state index is 13.5. The van der Waals surface area contributed by atoms with Crippen LogP contribution in [0.3, 0.4) is 0 Å². The van der Waals surface area contributed by atoms with Crippen LogP contribution in [0.4, 0.5) is 5.69 Å². The van der Waals surface area contributed by atoms with Crippen molar-refractivity contribution in [3.05, 3.63) is 94.7 Å². The van der Waals surface area contributed by atoms with E-state index in [-0.39, 0.29) is 11.5 Å². The fourth-order valence-corrected chi connectivity index (χ4v) is 4.15. The number of aryl methyl sites for hydroxylation is 1. The summed E-state index contributed by atoms with van der Waals surface area (Å²) in [6.45, 7) is 4.76. The second kappa shape index (κ2) is 8.26. The molecule has 2 aromatic carbocycles. The van der Waals surface area contributed by atoms with Crippen LogP contribution in [-0.2, 0) is 0 Å². The van der Waals surface area contributed by atoms with Gasteiger partial charge >= 0.3 is 0 Å². The van der Waals surface area contributed by atoms with Crippen molar-refractivity contribution in [2.24, 2.45) is 0 Å². The number of nitrogens with zero attached hydrogens (tertiary/aromatic N) is 5. The number of fused-ring (bicyclic) bond motifs is 1. The summed E-state index contributed by atoms with van der Waals surface area (Å²) >= 11 is 0. The molecule has 7 nitrogen and oxygen atoms in total. The number of anilines is 1. The molecule has 0 unspecified atom stereocenters. The van der Waals surface area contributed by atoms with Crippen LogP contribution in [0.25, 0.3) is 16.5 Å². The molecule has 0 atom stereocenters. The van der Waals surface area contributed by atoms with Crippen LogP contribution in [-0.4, -0.2) is 51.8 Å². The molecule has 1 fully saturated rings. The van der Waals surface area contributed by atoms with Gasteiger partial charge in [0.05, 0.1) is 11.1 Å². The molecule has 7 heteroatoms. The zero-order chi connectivity index (χ0) is 22.1. The Morgan fingerprint density at radius 2 is 1.56 bits per heavy atom. The van der Waals surface area contributed by atoms with Crippen LogP contribution in [0, 0.1) is 6.92 Å². The highest BCUT2D eigenvalue weighted by Gasteiger charge is 2.26. The van der Waals surface area contributed by atoms with Crippen LogP contribution in [0.15, 0.2) is 77.9 Å². The van der Waals surface area contributed by atoms with Crippen LogP contribution in [0.2, 0.25) is 0 Å². The number of hydrogen-bond acceptors (Lipinski definition) is 5. The summed E-state index contributed by atoms with van der Waals surface area (Å²) in [6.07, 6.45) is 3.20. The summed E-state index contributed by atoms with van der Waals surface area (Å²) in [4.78, 5) is 34.7. The normalized spacial score (nSPS) is 14.0. The SMILES string of the molecule is Cc1cccc(N2CCN(C(=O)c3nn(-c4ccncc4)c(=O)c4ccccc34)CC2)c1. The average Bonchev–Trinajstić information content (AvgIpc) is 2.85. The van der Waals surface area contributed by atoms with Gasteiger partial charge in [0.15, 0.2) is 5.69 Å². The molecule has 5 rings (SSSR count). The first-order valence-electron chi connectivity index (χ1n) is 10.7. The predicted molar refractivity (Wildman–Crippen MR) is 124 cm³/mol. The maximum Gasteiger partial charge on any atom is 0.279 e. The monoisotopic (exact) mass is 425 g/mol. The summed E-state index contributed by atoms with van der Waals surface area (Å²) in [7, 11) is 0. The second-order valence-corrected chi connectivity index (χ2v) is 7.93. The van der Waals surface area contributed by atoms with Gasteiger partial charge in [0.1, 0.15) is 0 Å². The predicted octanol–water partition coefficient (Wildman–Crippen LogP) is 3.05. The minimum Gasteiger partial charge on any atom is -0.368 e. The molecule has 1 aliphatic rings. The summed E-state index contributed by atoms with van der Waals surface area (Å²) < 4.78 is 1.29. The molecular formula is C25H23N5O2. The van der Waals surface area contributed by atoms with Gasteiger partial charge in [0, 0.05) is 49.6 Å². The van der Waals surface area contributed by atoms with Gasteiger partial charge in [-0.3, -0.25) is 14.6 Å². The summed E-state index contributed by atoms with van der Waals surface area (Å²) in [5.41, 5.74) is 3.00. The van der Waals surface area contributed by atoms with Gasteiger partial charge < -0.3 is 9.80 Å². The Bertz CT molecular complexity index is 1340. The molecule has 4 aromatic rings. The molecule has 160 valence electrons. The van der Waals surface area contributed by atoms with Gasteiger partial charge in [-0.05, 0) is 42.8 Å². The van der Waals surface area contributed by atoms with E-state index in [4.69, 9.17) is 0 Å². The Morgan fingerprint density at radius 1 is 0.844 bits per heavy atom. The fourth-order valence-electron chi connectivity index (χ4n) is 4.15. The molecule has 2 aromatic heterocycles. The topological polar surface area (TPSA) is 71.3 Å². The molecule has 0 spiro atoms. The smallest absolute Gasteiger partial charge is 0.279 e. The van der Waals surface area contributed by atoms with Crippen molar-refractivity contribution < 1.29 is 4.79 Å². The van der Waals surface area contributed by atoms with Crippen LogP contribution in [0.5, 0.6) is 0 Å². The lowest BCUT2D eigenvalue weighted by Gasteiger charge is -2.36. The van der Waals surface area contributed by atoms with Crippen molar-refractivity contribution in [2.45, 2.75) is 6.92 Å². The van der Waals surface area contributed by atoms with Crippen molar-refractivity contribution in [2.75, 3.05) is 31.1 Å². The van der Waals surface area contributed by atoms with Gasteiger partial charge in [-0.2, -0.15) is 9.78 Å². The fraction of sp³-hybridized carbons (Fsp3) is 0.200. The first kappa shape index (κ1) is 19.9. The summed E-state index contributed by atoms with van der Waals surface area (Å²) in [5.74, 6) is -0.159. The second-order valence-electron chi connectivity index (χ2n) is 7.93. The lowest BCUT2D eigenvalue weighted by atomic mass is 10.1. The van der Waals surface area contributed by atoms with Crippen molar-refractivity contribution in [3.8, 4) is 5.69 Å². The number of carbonyl (C=O) groups excluding carboxylic acids is 1. The lowest BCUT2D eigenvalue weighted by Crippen LogP contribution is -2.49. The molecule has 1 amide bonds. The van der Waals surface area contributed by atoms with Crippen LogP contribution < -0.4 is 10.5 Å². The van der Waals surface area contributed by atoms with Crippen molar-refractivity contribution in [1.82, 2.24) is 19.7 Å². The highest BCUT2D eigenvalue weighted by Crippen LogP contribution is 2.21. The Labute approximate surface area is 185 Å². The lowest BCUT2D eigenvalue weighted by molar-refractivity contribution is 0.0741. The van der Waals surface area contributed by atoms with E-state index in [0.29, 0.717) is 35.2 Å². The summed E-state index contributed by atoms with van der Waals surface area (Å²) in [6, 6.07) is 19.0. The van der Waals surface area contributed by atoms with E-state index in [0.717, 1.165) is 13.1 Å². The zero-order valence-electron chi connectivity index (χ0n) is 17.8. The maximum absolute atomic E-state index is 13.5. The third-order valence-electron chi connectivity index (χ3n) is 5.85. The van der Waals surface area contributed by atoms with Crippen molar-refractivity contribution in [1.29, 1.82) is 0 Å². The van der Waals surface area contributed by atoms with Gasteiger partial charge in [-0.25, -0.2) is 0 Å². The number of benzene rings is 2. The molecule has 0 radical (unpaired) electrons. The highest BCUT2D eigenvalue weighted by atomic mass is 16.2. The minimum absolute atomic E-state index is 0.159. The molecule has 1 aliphatic heterocycles. The number of aromatic nitrogens is 3. The quantitative estimate of drug-likeness (QED) is 0.505. The van der Waals surface area contributed by atoms with Gasteiger partial charge in [0.2, 0.25) is 0 Å².